The third kappa shape index (κ3) is 2.60. The summed E-state index contributed by atoms with van der Waals surface area (Å²) in [6, 6.07) is 11.7. The van der Waals surface area contributed by atoms with Gasteiger partial charge in [-0.25, -0.2) is 0 Å². The van der Waals surface area contributed by atoms with E-state index in [2.05, 4.69) is 0 Å². The lowest BCUT2D eigenvalue weighted by molar-refractivity contribution is 0.174. The molecule has 0 spiro atoms. The third-order valence-electron chi connectivity index (χ3n) is 2.80. The number of nitrogen functional groups attached to an aromatic ring is 1. The van der Waals surface area contributed by atoms with E-state index in [9.17, 15) is 0 Å². The van der Waals surface area contributed by atoms with Crippen LogP contribution in [0.2, 0.25) is 5.02 Å². The second kappa shape index (κ2) is 5.23. The first-order valence-corrected chi connectivity index (χ1v) is 7.16. The molecule has 0 fully saturated rings. The topological polar surface area (TPSA) is 44.5 Å². The minimum Gasteiger partial charge on any atom is -0.454 e. The van der Waals surface area contributed by atoms with Crippen LogP contribution < -0.4 is 15.2 Å². The SMILES string of the molecule is Nc1ccccc1SCc1cc(Cl)c2c(c1)OCO2. The zero-order valence-corrected chi connectivity index (χ0v) is 11.6. The molecule has 0 aromatic heterocycles. The van der Waals surface area contributed by atoms with Gasteiger partial charge in [-0.2, -0.15) is 0 Å². The Bertz CT molecular complexity index is 618. The van der Waals surface area contributed by atoms with Gasteiger partial charge in [0.2, 0.25) is 6.79 Å². The Balaban J connectivity index is 1.78. The largest absolute Gasteiger partial charge is 0.454 e. The zero-order chi connectivity index (χ0) is 13.2. The maximum atomic E-state index is 6.15. The molecule has 19 heavy (non-hydrogen) atoms. The van der Waals surface area contributed by atoms with E-state index in [1.807, 2.05) is 36.4 Å². The highest BCUT2D eigenvalue weighted by Gasteiger charge is 2.18. The zero-order valence-electron chi connectivity index (χ0n) is 10.1. The summed E-state index contributed by atoms with van der Waals surface area (Å²) in [4.78, 5) is 1.07. The standard InChI is InChI=1S/C14H12ClNO2S/c15-10-5-9(6-12-14(10)18-8-17-12)7-19-13-4-2-1-3-11(13)16/h1-6H,7-8,16H2. The Hall–Kier alpha value is -1.52. The summed E-state index contributed by atoms with van der Waals surface area (Å²) in [6.45, 7) is 0.233. The molecule has 0 bridgehead atoms. The molecule has 2 N–H and O–H groups in total. The fourth-order valence-electron chi connectivity index (χ4n) is 1.88. The van der Waals surface area contributed by atoms with E-state index < -0.39 is 0 Å². The molecule has 3 nitrogen and oxygen atoms in total. The molecule has 0 saturated heterocycles. The first kappa shape index (κ1) is 12.5. The highest BCUT2D eigenvalue weighted by molar-refractivity contribution is 7.98. The smallest absolute Gasteiger partial charge is 0.231 e. The van der Waals surface area contributed by atoms with Gasteiger partial charge in [-0.3, -0.25) is 0 Å². The van der Waals surface area contributed by atoms with Crippen molar-refractivity contribution in [1.82, 2.24) is 0 Å². The van der Waals surface area contributed by atoms with E-state index in [1.54, 1.807) is 11.8 Å². The lowest BCUT2D eigenvalue weighted by atomic mass is 10.2. The number of para-hydroxylation sites is 1. The van der Waals surface area contributed by atoms with Crippen molar-refractivity contribution in [2.24, 2.45) is 0 Å². The van der Waals surface area contributed by atoms with Gasteiger partial charge in [-0.15, -0.1) is 11.8 Å². The number of fused-ring (bicyclic) bond motifs is 1. The van der Waals surface area contributed by atoms with Gasteiger partial charge in [-0.05, 0) is 29.8 Å². The molecule has 1 heterocycles. The van der Waals surface area contributed by atoms with Crippen LogP contribution >= 0.6 is 23.4 Å². The molecule has 0 amide bonds. The fraction of sp³-hybridized carbons (Fsp3) is 0.143. The number of hydrogen-bond donors (Lipinski definition) is 1. The molecule has 1 aliphatic rings. The molecule has 5 heteroatoms. The average molecular weight is 294 g/mol. The van der Waals surface area contributed by atoms with Crippen LogP contribution in [0.25, 0.3) is 0 Å². The van der Waals surface area contributed by atoms with Crippen molar-refractivity contribution < 1.29 is 9.47 Å². The van der Waals surface area contributed by atoms with Crippen molar-refractivity contribution in [3.8, 4) is 11.5 Å². The second-order valence-electron chi connectivity index (χ2n) is 4.14. The molecule has 0 unspecified atom stereocenters. The number of hydrogen-bond acceptors (Lipinski definition) is 4. The predicted octanol–water partition coefficient (Wildman–Crippen LogP) is 3.94. The van der Waals surface area contributed by atoms with Crippen LogP contribution in [0, 0.1) is 0 Å². The Morgan fingerprint density at radius 2 is 2.05 bits per heavy atom. The van der Waals surface area contributed by atoms with Crippen LogP contribution in [0.4, 0.5) is 5.69 Å². The van der Waals surface area contributed by atoms with E-state index in [4.69, 9.17) is 26.8 Å². The van der Waals surface area contributed by atoms with Crippen molar-refractivity contribution in [2.45, 2.75) is 10.6 Å². The van der Waals surface area contributed by atoms with Gasteiger partial charge in [0.1, 0.15) is 0 Å². The van der Waals surface area contributed by atoms with Crippen molar-refractivity contribution in [3.63, 3.8) is 0 Å². The molecular formula is C14H12ClNO2S. The normalized spacial score (nSPS) is 12.7. The Morgan fingerprint density at radius 3 is 2.89 bits per heavy atom. The third-order valence-corrected chi connectivity index (χ3v) is 4.24. The summed E-state index contributed by atoms with van der Waals surface area (Å²) in [7, 11) is 0. The quantitative estimate of drug-likeness (QED) is 0.687. The minimum absolute atomic E-state index is 0.233. The van der Waals surface area contributed by atoms with Crippen LogP contribution in [-0.2, 0) is 5.75 Å². The van der Waals surface area contributed by atoms with Crippen molar-refractivity contribution in [3.05, 3.63) is 47.0 Å². The van der Waals surface area contributed by atoms with Crippen LogP contribution in [0.15, 0.2) is 41.3 Å². The second-order valence-corrected chi connectivity index (χ2v) is 5.56. The van der Waals surface area contributed by atoms with E-state index in [0.717, 1.165) is 21.9 Å². The van der Waals surface area contributed by atoms with E-state index in [0.29, 0.717) is 16.5 Å². The van der Waals surface area contributed by atoms with Crippen molar-refractivity contribution in [2.75, 3.05) is 12.5 Å². The van der Waals surface area contributed by atoms with Crippen LogP contribution in [0.1, 0.15) is 5.56 Å². The monoisotopic (exact) mass is 293 g/mol. The number of benzene rings is 2. The van der Waals surface area contributed by atoms with Crippen molar-refractivity contribution >= 4 is 29.1 Å². The van der Waals surface area contributed by atoms with Gasteiger partial charge in [0.25, 0.3) is 0 Å². The molecule has 2 aromatic rings. The molecule has 0 saturated carbocycles. The van der Waals surface area contributed by atoms with E-state index in [1.165, 1.54) is 0 Å². The van der Waals surface area contributed by atoms with Gasteiger partial charge in [-0.1, -0.05) is 23.7 Å². The maximum Gasteiger partial charge on any atom is 0.231 e. The van der Waals surface area contributed by atoms with Gasteiger partial charge in [0.15, 0.2) is 11.5 Å². The molecular weight excluding hydrogens is 282 g/mol. The first-order valence-electron chi connectivity index (χ1n) is 5.79. The Labute approximate surface area is 120 Å². The average Bonchev–Trinajstić information content (AvgIpc) is 2.87. The number of halogens is 1. The summed E-state index contributed by atoms with van der Waals surface area (Å²) in [5.74, 6) is 2.13. The van der Waals surface area contributed by atoms with Crippen LogP contribution in [-0.4, -0.2) is 6.79 Å². The maximum absolute atomic E-state index is 6.15. The van der Waals surface area contributed by atoms with E-state index >= 15 is 0 Å². The van der Waals surface area contributed by atoms with Gasteiger partial charge in [0.05, 0.1) is 5.02 Å². The predicted molar refractivity (Wildman–Crippen MR) is 78.0 cm³/mol. The number of nitrogens with two attached hydrogens (primary N) is 1. The Kier molecular flexibility index (Phi) is 3.44. The molecule has 0 atom stereocenters. The summed E-state index contributed by atoms with van der Waals surface area (Å²) in [5.41, 5.74) is 7.79. The number of ether oxygens (including phenoxy) is 2. The van der Waals surface area contributed by atoms with Gasteiger partial charge in [0, 0.05) is 16.3 Å². The molecule has 2 aromatic carbocycles. The van der Waals surface area contributed by atoms with Crippen LogP contribution in [0.3, 0.4) is 0 Å². The fourth-order valence-corrected chi connectivity index (χ4v) is 3.06. The minimum atomic E-state index is 0.233. The number of thioether (sulfide) groups is 1. The number of anilines is 1. The highest BCUT2D eigenvalue weighted by Crippen LogP contribution is 2.41. The summed E-state index contributed by atoms with van der Waals surface area (Å²) >= 11 is 7.82. The molecule has 98 valence electrons. The highest BCUT2D eigenvalue weighted by atomic mass is 35.5. The van der Waals surface area contributed by atoms with Crippen LogP contribution in [0.5, 0.6) is 11.5 Å². The van der Waals surface area contributed by atoms with Gasteiger partial charge < -0.3 is 15.2 Å². The molecule has 0 radical (unpaired) electrons. The van der Waals surface area contributed by atoms with Gasteiger partial charge >= 0.3 is 0 Å². The first-order chi connectivity index (χ1) is 9.24. The molecule has 0 aliphatic carbocycles. The lowest BCUT2D eigenvalue weighted by Crippen LogP contribution is -1.93. The van der Waals surface area contributed by atoms with E-state index in [-0.39, 0.29) is 6.79 Å². The van der Waals surface area contributed by atoms with Crippen molar-refractivity contribution in [1.29, 1.82) is 0 Å². The molecule has 3 rings (SSSR count). The Morgan fingerprint density at radius 1 is 1.21 bits per heavy atom. The summed E-state index contributed by atoms with van der Waals surface area (Å²) in [6.07, 6.45) is 0. The lowest BCUT2D eigenvalue weighted by Gasteiger charge is -2.07. The summed E-state index contributed by atoms with van der Waals surface area (Å²) in [5, 5.41) is 0.589. The molecule has 1 aliphatic heterocycles. The summed E-state index contributed by atoms with van der Waals surface area (Å²) < 4.78 is 10.6. The number of rotatable bonds is 3.